The number of amides is 2. The van der Waals surface area contributed by atoms with E-state index in [1.165, 1.54) is 5.56 Å². The molecule has 0 saturated heterocycles. The number of aliphatic carboxylic acids is 1. The number of rotatable bonds is 5. The monoisotopic (exact) mass is 291 g/mol. The van der Waals surface area contributed by atoms with Crippen LogP contribution in [-0.4, -0.2) is 27.6 Å². The average molecular weight is 291 g/mol. The van der Waals surface area contributed by atoms with Gasteiger partial charge in [-0.05, 0) is 51.2 Å². The van der Waals surface area contributed by atoms with Crippen molar-refractivity contribution in [2.24, 2.45) is 0 Å². The first-order valence-electron chi connectivity index (χ1n) is 7.15. The van der Waals surface area contributed by atoms with Crippen LogP contribution in [-0.2, 0) is 17.6 Å². The first-order valence-corrected chi connectivity index (χ1v) is 7.15. The number of aryl methyl sites for hydroxylation is 2. The molecule has 0 bridgehead atoms. The van der Waals surface area contributed by atoms with E-state index in [1.807, 2.05) is 6.07 Å². The molecule has 2 amide bonds. The number of urea groups is 1. The fourth-order valence-electron chi connectivity index (χ4n) is 2.43. The Morgan fingerprint density at radius 3 is 2.81 bits per heavy atom. The summed E-state index contributed by atoms with van der Waals surface area (Å²) >= 11 is 0. The van der Waals surface area contributed by atoms with Crippen LogP contribution in [0, 0.1) is 0 Å². The Bertz CT molecular complexity index is 555. The largest absolute Gasteiger partial charge is 0.481 e. The molecule has 0 unspecified atom stereocenters. The second-order valence-corrected chi connectivity index (χ2v) is 6.01. The van der Waals surface area contributed by atoms with E-state index >= 15 is 0 Å². The van der Waals surface area contributed by atoms with Gasteiger partial charge in [-0.1, -0.05) is 6.07 Å². The van der Waals surface area contributed by atoms with Crippen LogP contribution >= 0.6 is 0 Å². The van der Waals surface area contributed by atoms with Crippen LogP contribution in [0.4, 0.5) is 10.6 Å². The summed E-state index contributed by atoms with van der Waals surface area (Å²) in [4.78, 5) is 27.0. The third-order valence-corrected chi connectivity index (χ3v) is 3.59. The number of nitrogens with one attached hydrogen (secondary N) is 2. The summed E-state index contributed by atoms with van der Waals surface area (Å²) in [6, 6.07) is 3.44. The van der Waals surface area contributed by atoms with E-state index in [0.29, 0.717) is 12.2 Å². The van der Waals surface area contributed by atoms with Gasteiger partial charge in [0.1, 0.15) is 5.82 Å². The Labute approximate surface area is 124 Å². The zero-order chi connectivity index (χ0) is 15.5. The standard InChI is InChI=1S/C15H21N3O3/c1-15(2,9-8-13(19)20)18-14(21)17-12-7-6-10-4-3-5-11(10)16-12/h6-7H,3-5,8-9H2,1-2H3,(H,19,20)(H2,16,17,18,21). The summed E-state index contributed by atoms with van der Waals surface area (Å²) in [5.74, 6) is -0.340. The number of nitrogens with zero attached hydrogens (tertiary/aromatic N) is 1. The number of carbonyl (C=O) groups excluding carboxylic acids is 1. The molecule has 2 rings (SSSR count). The van der Waals surface area contributed by atoms with E-state index in [-0.39, 0.29) is 12.5 Å². The van der Waals surface area contributed by atoms with Gasteiger partial charge >= 0.3 is 12.0 Å². The molecule has 0 aromatic carbocycles. The number of carboxylic acids is 1. The molecule has 1 aliphatic carbocycles. The van der Waals surface area contributed by atoms with Crippen LogP contribution in [0.15, 0.2) is 12.1 Å². The maximum Gasteiger partial charge on any atom is 0.320 e. The molecule has 0 fully saturated rings. The smallest absolute Gasteiger partial charge is 0.320 e. The van der Waals surface area contributed by atoms with Gasteiger partial charge in [-0.15, -0.1) is 0 Å². The van der Waals surface area contributed by atoms with Crippen LogP contribution in [0.25, 0.3) is 0 Å². The summed E-state index contributed by atoms with van der Waals surface area (Å²) in [5.41, 5.74) is 1.72. The molecule has 1 aromatic rings. The summed E-state index contributed by atoms with van der Waals surface area (Å²) in [7, 11) is 0. The Morgan fingerprint density at radius 1 is 1.33 bits per heavy atom. The van der Waals surface area contributed by atoms with Crippen LogP contribution in [0.2, 0.25) is 0 Å². The van der Waals surface area contributed by atoms with Gasteiger partial charge in [0.15, 0.2) is 0 Å². The van der Waals surface area contributed by atoms with Gasteiger partial charge in [0.25, 0.3) is 0 Å². The van der Waals surface area contributed by atoms with Crippen LogP contribution in [0.3, 0.4) is 0 Å². The molecule has 0 spiro atoms. The molecule has 6 heteroatoms. The molecule has 6 nitrogen and oxygen atoms in total. The Balaban J connectivity index is 1.90. The van der Waals surface area contributed by atoms with E-state index in [9.17, 15) is 9.59 Å². The number of hydrogen-bond donors (Lipinski definition) is 3. The number of hydrogen-bond acceptors (Lipinski definition) is 3. The Hall–Kier alpha value is -2.11. The molecule has 0 saturated carbocycles. The Morgan fingerprint density at radius 2 is 2.10 bits per heavy atom. The SMILES string of the molecule is CC(C)(CCC(=O)O)NC(=O)Nc1ccc2c(n1)CCC2. The van der Waals surface area contributed by atoms with Crippen molar-refractivity contribution in [2.75, 3.05) is 5.32 Å². The molecule has 0 aliphatic heterocycles. The number of fused-ring (bicyclic) bond motifs is 1. The second-order valence-electron chi connectivity index (χ2n) is 6.01. The molecule has 21 heavy (non-hydrogen) atoms. The molecule has 1 aliphatic rings. The highest BCUT2D eigenvalue weighted by molar-refractivity contribution is 5.88. The van der Waals surface area contributed by atoms with Gasteiger partial charge in [0.2, 0.25) is 0 Å². The lowest BCUT2D eigenvalue weighted by atomic mass is 9.99. The molecule has 3 N–H and O–H groups in total. The quantitative estimate of drug-likeness (QED) is 0.776. The van der Waals surface area contributed by atoms with E-state index in [2.05, 4.69) is 15.6 Å². The first-order chi connectivity index (χ1) is 9.85. The zero-order valence-corrected chi connectivity index (χ0v) is 12.4. The zero-order valence-electron chi connectivity index (χ0n) is 12.4. The van der Waals surface area contributed by atoms with Gasteiger partial charge in [-0.2, -0.15) is 0 Å². The number of anilines is 1. The van der Waals surface area contributed by atoms with Crippen LogP contribution in [0.1, 0.15) is 44.4 Å². The number of aromatic nitrogens is 1. The first kappa shape index (κ1) is 15.3. The number of pyridine rings is 1. The van der Waals surface area contributed by atoms with Crippen molar-refractivity contribution < 1.29 is 14.7 Å². The highest BCUT2D eigenvalue weighted by Gasteiger charge is 2.22. The third kappa shape index (κ3) is 4.44. The van der Waals surface area contributed by atoms with E-state index in [0.717, 1.165) is 25.0 Å². The Kier molecular flexibility index (Phi) is 4.45. The number of carboxylic acid groups (broad SMARTS) is 1. The summed E-state index contributed by atoms with van der Waals surface area (Å²) < 4.78 is 0. The van der Waals surface area contributed by atoms with Gasteiger partial charge in [0, 0.05) is 17.7 Å². The van der Waals surface area contributed by atoms with E-state index < -0.39 is 11.5 Å². The summed E-state index contributed by atoms with van der Waals surface area (Å²) in [5, 5.41) is 14.2. The maximum atomic E-state index is 12.0. The van der Waals surface area contributed by atoms with Gasteiger partial charge in [-0.25, -0.2) is 9.78 Å². The highest BCUT2D eigenvalue weighted by Crippen LogP contribution is 2.21. The van der Waals surface area contributed by atoms with Gasteiger partial charge in [0.05, 0.1) is 0 Å². The van der Waals surface area contributed by atoms with Crippen molar-refractivity contribution in [3.8, 4) is 0 Å². The minimum absolute atomic E-state index is 0.0182. The van der Waals surface area contributed by atoms with Crippen molar-refractivity contribution in [2.45, 2.75) is 51.5 Å². The summed E-state index contributed by atoms with van der Waals surface area (Å²) in [6.07, 6.45) is 3.51. The fraction of sp³-hybridized carbons (Fsp3) is 0.533. The van der Waals surface area contributed by atoms with Crippen LogP contribution in [0.5, 0.6) is 0 Å². The lowest BCUT2D eigenvalue weighted by molar-refractivity contribution is -0.137. The predicted octanol–water partition coefficient (Wildman–Crippen LogP) is 2.34. The molecule has 1 heterocycles. The topological polar surface area (TPSA) is 91.3 Å². The highest BCUT2D eigenvalue weighted by atomic mass is 16.4. The van der Waals surface area contributed by atoms with Crippen molar-refractivity contribution in [3.05, 3.63) is 23.4 Å². The lowest BCUT2D eigenvalue weighted by Gasteiger charge is -2.25. The predicted molar refractivity (Wildman–Crippen MR) is 79.4 cm³/mol. The van der Waals surface area contributed by atoms with Crippen LogP contribution < -0.4 is 10.6 Å². The molecule has 0 radical (unpaired) electrons. The van der Waals surface area contributed by atoms with E-state index in [1.54, 1.807) is 19.9 Å². The van der Waals surface area contributed by atoms with Gasteiger partial charge in [-0.3, -0.25) is 10.1 Å². The minimum atomic E-state index is -0.870. The fourth-order valence-corrected chi connectivity index (χ4v) is 2.43. The van der Waals surface area contributed by atoms with Gasteiger partial charge < -0.3 is 10.4 Å². The lowest BCUT2D eigenvalue weighted by Crippen LogP contribution is -2.45. The molecular weight excluding hydrogens is 270 g/mol. The molecule has 0 atom stereocenters. The van der Waals surface area contributed by atoms with Crippen molar-refractivity contribution in [1.82, 2.24) is 10.3 Å². The average Bonchev–Trinajstić information content (AvgIpc) is 2.83. The molecule has 114 valence electrons. The van der Waals surface area contributed by atoms with Crippen molar-refractivity contribution in [1.29, 1.82) is 0 Å². The van der Waals surface area contributed by atoms with Crippen molar-refractivity contribution in [3.63, 3.8) is 0 Å². The van der Waals surface area contributed by atoms with Crippen molar-refractivity contribution >= 4 is 17.8 Å². The molecule has 1 aromatic heterocycles. The third-order valence-electron chi connectivity index (χ3n) is 3.59. The summed E-state index contributed by atoms with van der Waals surface area (Å²) in [6.45, 7) is 3.59. The maximum absolute atomic E-state index is 12.0. The second kappa shape index (κ2) is 6.11. The minimum Gasteiger partial charge on any atom is -0.481 e. The number of carbonyl (C=O) groups is 2. The normalized spacial score (nSPS) is 13.6. The van der Waals surface area contributed by atoms with E-state index in [4.69, 9.17) is 5.11 Å². The molecular formula is C15H21N3O3.